The maximum absolute atomic E-state index is 5.40. The second-order valence-electron chi connectivity index (χ2n) is 6.55. The van der Waals surface area contributed by atoms with Crippen molar-refractivity contribution in [1.29, 1.82) is 0 Å². The molecule has 2 aromatic rings. The lowest BCUT2D eigenvalue weighted by atomic mass is 10.1. The third-order valence-electron chi connectivity index (χ3n) is 4.99. The van der Waals surface area contributed by atoms with Crippen molar-refractivity contribution in [2.24, 2.45) is 0 Å². The van der Waals surface area contributed by atoms with Gasteiger partial charge in [0, 0.05) is 38.4 Å². The zero-order valence-electron chi connectivity index (χ0n) is 15.5. The molecule has 0 bridgehead atoms. The summed E-state index contributed by atoms with van der Waals surface area (Å²) in [6.07, 6.45) is 1.03. The lowest BCUT2D eigenvalue weighted by Crippen LogP contribution is -2.47. The highest BCUT2D eigenvalue weighted by Gasteiger charge is 2.18. The number of hydrogen-bond acceptors (Lipinski definition) is 4. The fourth-order valence-corrected chi connectivity index (χ4v) is 3.45. The lowest BCUT2D eigenvalue weighted by Gasteiger charge is -2.36. The zero-order chi connectivity index (χ0) is 17.6. The van der Waals surface area contributed by atoms with Crippen LogP contribution < -0.4 is 14.4 Å². The summed E-state index contributed by atoms with van der Waals surface area (Å²) in [6, 6.07) is 14.9. The van der Waals surface area contributed by atoms with Crippen molar-refractivity contribution in [2.45, 2.75) is 13.3 Å². The Labute approximate surface area is 151 Å². The second kappa shape index (κ2) is 8.26. The first-order valence-electron chi connectivity index (χ1n) is 8.95. The van der Waals surface area contributed by atoms with Gasteiger partial charge in [0.2, 0.25) is 0 Å². The number of benzene rings is 2. The van der Waals surface area contributed by atoms with Crippen molar-refractivity contribution in [2.75, 3.05) is 51.8 Å². The maximum atomic E-state index is 5.40. The van der Waals surface area contributed by atoms with E-state index in [1.807, 2.05) is 6.07 Å². The predicted octanol–water partition coefficient (Wildman–Crippen LogP) is 3.38. The highest BCUT2D eigenvalue weighted by atomic mass is 16.5. The number of anilines is 1. The smallest absolute Gasteiger partial charge is 0.160 e. The Hall–Kier alpha value is -2.20. The van der Waals surface area contributed by atoms with Crippen LogP contribution >= 0.6 is 0 Å². The molecule has 0 atom stereocenters. The van der Waals surface area contributed by atoms with Crippen LogP contribution in [0.25, 0.3) is 0 Å². The molecule has 0 radical (unpaired) electrons. The van der Waals surface area contributed by atoms with Crippen molar-refractivity contribution in [3.63, 3.8) is 0 Å². The molecule has 0 saturated carbocycles. The third kappa shape index (κ3) is 4.26. The Bertz CT molecular complexity index is 694. The van der Waals surface area contributed by atoms with E-state index >= 15 is 0 Å². The minimum absolute atomic E-state index is 0.790. The minimum Gasteiger partial charge on any atom is -0.493 e. The molecule has 0 spiro atoms. The molecule has 1 saturated heterocycles. The van der Waals surface area contributed by atoms with E-state index in [0.29, 0.717) is 0 Å². The van der Waals surface area contributed by atoms with Crippen LogP contribution in [-0.2, 0) is 6.42 Å². The molecule has 0 amide bonds. The molecule has 1 fully saturated rings. The van der Waals surface area contributed by atoms with Gasteiger partial charge in [-0.1, -0.05) is 24.3 Å². The molecule has 1 aliphatic heterocycles. The van der Waals surface area contributed by atoms with Crippen molar-refractivity contribution in [3.8, 4) is 11.5 Å². The first-order chi connectivity index (χ1) is 12.2. The summed E-state index contributed by atoms with van der Waals surface area (Å²) in [5, 5.41) is 0. The normalized spacial score (nSPS) is 15.2. The molecule has 134 valence electrons. The Kier molecular flexibility index (Phi) is 5.82. The van der Waals surface area contributed by atoms with Crippen molar-refractivity contribution < 1.29 is 9.47 Å². The van der Waals surface area contributed by atoms with Gasteiger partial charge in [0.15, 0.2) is 11.5 Å². The van der Waals surface area contributed by atoms with Crippen LogP contribution in [0.4, 0.5) is 5.69 Å². The van der Waals surface area contributed by atoms with Gasteiger partial charge in [-0.05, 0) is 42.7 Å². The summed E-state index contributed by atoms with van der Waals surface area (Å²) in [7, 11) is 3.36. The molecule has 0 aromatic heterocycles. The van der Waals surface area contributed by atoms with Gasteiger partial charge in [-0.3, -0.25) is 4.90 Å². The number of rotatable bonds is 6. The average Bonchev–Trinajstić information content (AvgIpc) is 2.67. The number of aryl methyl sites for hydroxylation is 1. The monoisotopic (exact) mass is 340 g/mol. The molecule has 3 rings (SSSR count). The fraction of sp³-hybridized carbons (Fsp3) is 0.429. The number of para-hydroxylation sites is 1. The van der Waals surface area contributed by atoms with E-state index < -0.39 is 0 Å². The molecule has 1 heterocycles. The van der Waals surface area contributed by atoms with Crippen LogP contribution in [0.15, 0.2) is 42.5 Å². The molecule has 1 aliphatic rings. The molecule has 4 heteroatoms. The van der Waals surface area contributed by atoms with Gasteiger partial charge in [-0.15, -0.1) is 0 Å². The summed E-state index contributed by atoms with van der Waals surface area (Å²) < 4.78 is 10.7. The third-order valence-corrected chi connectivity index (χ3v) is 4.99. The van der Waals surface area contributed by atoms with Gasteiger partial charge < -0.3 is 14.4 Å². The van der Waals surface area contributed by atoms with E-state index in [9.17, 15) is 0 Å². The second-order valence-corrected chi connectivity index (χ2v) is 6.55. The van der Waals surface area contributed by atoms with Crippen LogP contribution in [0.1, 0.15) is 11.1 Å². The molecular weight excluding hydrogens is 312 g/mol. The topological polar surface area (TPSA) is 24.9 Å². The Morgan fingerprint density at radius 2 is 1.60 bits per heavy atom. The summed E-state index contributed by atoms with van der Waals surface area (Å²) >= 11 is 0. The molecule has 0 unspecified atom stereocenters. The molecule has 25 heavy (non-hydrogen) atoms. The largest absolute Gasteiger partial charge is 0.493 e. The summed E-state index contributed by atoms with van der Waals surface area (Å²) in [5.41, 5.74) is 4.03. The van der Waals surface area contributed by atoms with E-state index in [-0.39, 0.29) is 0 Å². The van der Waals surface area contributed by atoms with E-state index in [2.05, 4.69) is 53.1 Å². The molecule has 0 aliphatic carbocycles. The van der Waals surface area contributed by atoms with Gasteiger partial charge in [0.25, 0.3) is 0 Å². The maximum Gasteiger partial charge on any atom is 0.160 e. The van der Waals surface area contributed by atoms with Crippen molar-refractivity contribution in [1.82, 2.24) is 4.90 Å². The Balaban J connectivity index is 1.52. The minimum atomic E-state index is 0.790. The van der Waals surface area contributed by atoms with E-state index in [1.54, 1.807) is 14.2 Å². The molecule has 2 aromatic carbocycles. The van der Waals surface area contributed by atoms with Crippen LogP contribution in [0.3, 0.4) is 0 Å². The molecular formula is C21H28N2O2. The van der Waals surface area contributed by atoms with Gasteiger partial charge in [0.1, 0.15) is 0 Å². The van der Waals surface area contributed by atoms with E-state index in [4.69, 9.17) is 9.47 Å². The SMILES string of the molecule is COc1ccc(CCN2CCN(c3ccccc3C)CC2)cc1OC. The Morgan fingerprint density at radius 3 is 2.28 bits per heavy atom. The number of ether oxygens (including phenoxy) is 2. The number of piperazine rings is 1. The predicted molar refractivity (Wildman–Crippen MR) is 103 cm³/mol. The highest BCUT2D eigenvalue weighted by Crippen LogP contribution is 2.28. The summed E-state index contributed by atoms with van der Waals surface area (Å²) in [4.78, 5) is 5.05. The standard InChI is InChI=1S/C21H28N2O2/c1-17-6-4-5-7-19(17)23-14-12-22(13-15-23)11-10-18-8-9-20(24-2)21(16-18)25-3/h4-9,16H,10-15H2,1-3H3. The summed E-state index contributed by atoms with van der Waals surface area (Å²) in [5.74, 6) is 1.60. The highest BCUT2D eigenvalue weighted by molar-refractivity contribution is 5.53. The quantitative estimate of drug-likeness (QED) is 0.805. The van der Waals surface area contributed by atoms with Crippen LogP contribution in [0.5, 0.6) is 11.5 Å². The number of hydrogen-bond donors (Lipinski definition) is 0. The fourth-order valence-electron chi connectivity index (χ4n) is 3.45. The zero-order valence-corrected chi connectivity index (χ0v) is 15.5. The first-order valence-corrected chi connectivity index (χ1v) is 8.95. The van der Waals surface area contributed by atoms with Crippen molar-refractivity contribution >= 4 is 5.69 Å². The van der Waals surface area contributed by atoms with Gasteiger partial charge in [0.05, 0.1) is 14.2 Å². The van der Waals surface area contributed by atoms with Gasteiger partial charge in [-0.2, -0.15) is 0 Å². The van der Waals surface area contributed by atoms with Gasteiger partial charge in [-0.25, -0.2) is 0 Å². The van der Waals surface area contributed by atoms with E-state index in [1.165, 1.54) is 16.8 Å². The van der Waals surface area contributed by atoms with E-state index in [0.717, 1.165) is 50.6 Å². The summed E-state index contributed by atoms with van der Waals surface area (Å²) in [6.45, 7) is 7.69. The van der Waals surface area contributed by atoms with Crippen LogP contribution in [0, 0.1) is 6.92 Å². The average molecular weight is 340 g/mol. The Morgan fingerprint density at radius 1 is 0.880 bits per heavy atom. The first kappa shape index (κ1) is 17.6. The van der Waals surface area contributed by atoms with Crippen molar-refractivity contribution in [3.05, 3.63) is 53.6 Å². The molecule has 4 nitrogen and oxygen atoms in total. The number of nitrogens with zero attached hydrogens (tertiary/aromatic N) is 2. The molecule has 0 N–H and O–H groups in total. The number of methoxy groups -OCH3 is 2. The van der Waals surface area contributed by atoms with Crippen LogP contribution in [0.2, 0.25) is 0 Å². The lowest BCUT2D eigenvalue weighted by molar-refractivity contribution is 0.260. The van der Waals surface area contributed by atoms with Crippen LogP contribution in [-0.4, -0.2) is 51.8 Å². The van der Waals surface area contributed by atoms with Gasteiger partial charge >= 0.3 is 0 Å².